The molecule has 3 heterocycles. The Morgan fingerprint density at radius 1 is 1.26 bits per heavy atom. The standard InChI is InChI=1S/C27H34N4O4/c1-4-6-19-7-5-8-20(15-19)25-24-21(16-22(29-25)26(33)30-10-13-35-14-11-30)17-31(23(24)9-12-32)27(34)28-18(2)3/h4-8,15-16,18,23,32H,9-14,17H2,1-3H3,(H,28,34)/b6-4+/t23-/m1/s1. The van der Waals surface area contributed by atoms with Crippen molar-refractivity contribution < 1.29 is 19.4 Å². The maximum absolute atomic E-state index is 13.4. The molecule has 3 amide bonds. The summed E-state index contributed by atoms with van der Waals surface area (Å²) in [6.45, 7) is 8.16. The van der Waals surface area contributed by atoms with Gasteiger partial charge in [0.25, 0.3) is 5.91 Å². The van der Waals surface area contributed by atoms with E-state index in [0.717, 1.165) is 22.3 Å². The summed E-state index contributed by atoms with van der Waals surface area (Å²) in [5, 5.41) is 12.8. The minimum atomic E-state index is -0.339. The van der Waals surface area contributed by atoms with E-state index in [-0.39, 0.29) is 30.6 Å². The Bertz CT molecular complexity index is 1110. The lowest BCUT2D eigenvalue weighted by Crippen LogP contribution is -2.42. The molecule has 0 spiro atoms. The van der Waals surface area contributed by atoms with E-state index in [2.05, 4.69) is 5.32 Å². The van der Waals surface area contributed by atoms with E-state index in [1.807, 2.05) is 63.3 Å². The van der Waals surface area contributed by atoms with Crippen LogP contribution in [0.15, 0.2) is 36.4 Å². The third-order valence-electron chi connectivity index (χ3n) is 6.31. The molecule has 2 aromatic rings. The molecule has 2 N–H and O–H groups in total. The summed E-state index contributed by atoms with van der Waals surface area (Å²) in [6, 6.07) is 9.27. The Kier molecular flexibility index (Phi) is 7.83. The second kappa shape index (κ2) is 11.0. The van der Waals surface area contributed by atoms with Gasteiger partial charge in [0.2, 0.25) is 0 Å². The number of carbonyl (C=O) groups is 2. The summed E-state index contributed by atoms with van der Waals surface area (Å²) in [5.74, 6) is -0.134. The number of rotatable bonds is 6. The number of hydrogen-bond donors (Lipinski definition) is 2. The number of aliphatic hydroxyl groups excluding tert-OH is 1. The fourth-order valence-electron chi connectivity index (χ4n) is 4.77. The maximum atomic E-state index is 13.4. The van der Waals surface area contributed by atoms with Crippen LogP contribution < -0.4 is 5.32 Å². The topological polar surface area (TPSA) is 95.0 Å². The van der Waals surface area contributed by atoms with E-state index in [4.69, 9.17) is 9.72 Å². The fraction of sp³-hybridized carbons (Fsp3) is 0.444. The molecule has 2 aliphatic heterocycles. The zero-order valence-corrected chi connectivity index (χ0v) is 20.7. The smallest absolute Gasteiger partial charge is 0.318 e. The molecule has 0 bridgehead atoms. The van der Waals surface area contributed by atoms with Crippen molar-refractivity contribution in [2.45, 2.75) is 45.8 Å². The highest BCUT2D eigenvalue weighted by molar-refractivity contribution is 5.94. The quantitative estimate of drug-likeness (QED) is 0.661. The van der Waals surface area contributed by atoms with Crippen molar-refractivity contribution in [3.63, 3.8) is 0 Å². The average Bonchev–Trinajstić information content (AvgIpc) is 3.22. The molecular formula is C27H34N4O4. The number of fused-ring (bicyclic) bond motifs is 1. The van der Waals surface area contributed by atoms with Crippen LogP contribution in [0.2, 0.25) is 0 Å². The number of urea groups is 1. The number of benzene rings is 1. The second-order valence-corrected chi connectivity index (χ2v) is 9.22. The van der Waals surface area contributed by atoms with Crippen LogP contribution in [-0.4, -0.2) is 70.8 Å². The van der Waals surface area contributed by atoms with Crippen LogP contribution in [0.25, 0.3) is 17.3 Å². The third kappa shape index (κ3) is 5.39. The summed E-state index contributed by atoms with van der Waals surface area (Å²) >= 11 is 0. The van der Waals surface area contributed by atoms with Crippen molar-refractivity contribution in [1.82, 2.24) is 20.1 Å². The van der Waals surface area contributed by atoms with Crippen LogP contribution in [-0.2, 0) is 11.3 Å². The van der Waals surface area contributed by atoms with Gasteiger partial charge in [-0.05, 0) is 50.5 Å². The Morgan fingerprint density at radius 3 is 2.71 bits per heavy atom. The molecule has 1 atom stereocenters. The van der Waals surface area contributed by atoms with Gasteiger partial charge in [-0.1, -0.05) is 30.4 Å². The SMILES string of the molecule is C/C=C/c1cccc(-c2nc(C(=O)N3CCOCC3)cc3c2[C@@H](CCO)N(C(=O)NC(C)C)C3)c1. The zero-order chi connectivity index (χ0) is 24.9. The van der Waals surface area contributed by atoms with E-state index in [1.165, 1.54) is 0 Å². The first-order valence-corrected chi connectivity index (χ1v) is 12.2. The molecule has 2 aliphatic rings. The number of aliphatic hydroxyl groups is 1. The molecule has 8 nitrogen and oxygen atoms in total. The number of nitrogens with zero attached hydrogens (tertiary/aromatic N) is 3. The minimum absolute atomic E-state index is 0.0189. The second-order valence-electron chi connectivity index (χ2n) is 9.22. The molecule has 1 fully saturated rings. The Balaban J connectivity index is 1.84. The van der Waals surface area contributed by atoms with Gasteiger partial charge in [-0.2, -0.15) is 0 Å². The van der Waals surface area contributed by atoms with Gasteiger partial charge >= 0.3 is 6.03 Å². The van der Waals surface area contributed by atoms with Crippen LogP contribution in [0.1, 0.15) is 60.4 Å². The number of carbonyl (C=O) groups excluding carboxylic acids is 2. The predicted octanol–water partition coefficient (Wildman–Crippen LogP) is 3.61. The van der Waals surface area contributed by atoms with Gasteiger partial charge in [0.1, 0.15) is 5.69 Å². The summed E-state index contributed by atoms with van der Waals surface area (Å²) in [4.78, 5) is 34.9. The summed E-state index contributed by atoms with van der Waals surface area (Å²) in [7, 11) is 0. The molecule has 8 heteroatoms. The van der Waals surface area contributed by atoms with Crippen molar-refractivity contribution in [3.8, 4) is 11.3 Å². The zero-order valence-electron chi connectivity index (χ0n) is 20.7. The maximum Gasteiger partial charge on any atom is 0.318 e. The lowest BCUT2D eigenvalue weighted by Gasteiger charge is -2.27. The number of amides is 3. The molecule has 4 rings (SSSR count). The van der Waals surface area contributed by atoms with Gasteiger partial charge in [0.15, 0.2) is 0 Å². The first-order valence-electron chi connectivity index (χ1n) is 12.2. The highest BCUT2D eigenvalue weighted by atomic mass is 16.5. The molecule has 0 unspecified atom stereocenters. The number of aromatic nitrogens is 1. The Morgan fingerprint density at radius 2 is 2.03 bits per heavy atom. The minimum Gasteiger partial charge on any atom is -0.396 e. The van der Waals surface area contributed by atoms with Gasteiger partial charge in [-0.3, -0.25) is 4.79 Å². The lowest BCUT2D eigenvalue weighted by atomic mass is 9.94. The van der Waals surface area contributed by atoms with Crippen LogP contribution in [0.4, 0.5) is 4.79 Å². The number of ether oxygens (including phenoxy) is 1. The first-order chi connectivity index (χ1) is 16.9. The van der Waals surface area contributed by atoms with Crippen molar-refractivity contribution >= 4 is 18.0 Å². The highest BCUT2D eigenvalue weighted by Gasteiger charge is 2.37. The van der Waals surface area contributed by atoms with Gasteiger partial charge in [0, 0.05) is 43.4 Å². The molecule has 186 valence electrons. The number of nitrogens with one attached hydrogen (secondary N) is 1. The number of pyridine rings is 1. The molecule has 0 radical (unpaired) electrons. The Labute approximate surface area is 206 Å². The first kappa shape index (κ1) is 24.9. The van der Waals surface area contributed by atoms with Crippen molar-refractivity contribution in [2.75, 3.05) is 32.9 Å². The van der Waals surface area contributed by atoms with Gasteiger partial charge in [-0.15, -0.1) is 0 Å². The molecular weight excluding hydrogens is 444 g/mol. The van der Waals surface area contributed by atoms with Gasteiger partial charge in [-0.25, -0.2) is 9.78 Å². The van der Waals surface area contributed by atoms with E-state index in [9.17, 15) is 14.7 Å². The van der Waals surface area contributed by atoms with E-state index < -0.39 is 0 Å². The lowest BCUT2D eigenvalue weighted by molar-refractivity contribution is 0.0299. The number of hydrogen-bond acceptors (Lipinski definition) is 5. The predicted molar refractivity (Wildman–Crippen MR) is 135 cm³/mol. The molecule has 1 aromatic carbocycles. The third-order valence-corrected chi connectivity index (χ3v) is 6.31. The normalized spacial score (nSPS) is 17.8. The van der Waals surface area contributed by atoms with Crippen LogP contribution in [0, 0.1) is 0 Å². The summed E-state index contributed by atoms with van der Waals surface area (Å²) < 4.78 is 5.41. The molecule has 0 saturated carbocycles. The van der Waals surface area contributed by atoms with Gasteiger partial charge < -0.3 is 25.0 Å². The molecule has 1 aromatic heterocycles. The number of morpholine rings is 1. The average molecular weight is 479 g/mol. The fourth-order valence-corrected chi connectivity index (χ4v) is 4.77. The molecule has 1 saturated heterocycles. The van der Waals surface area contributed by atoms with E-state index in [0.29, 0.717) is 50.7 Å². The van der Waals surface area contributed by atoms with E-state index in [1.54, 1.807) is 9.80 Å². The number of allylic oxidation sites excluding steroid dienone is 1. The molecule has 35 heavy (non-hydrogen) atoms. The monoisotopic (exact) mass is 478 g/mol. The van der Waals surface area contributed by atoms with Crippen molar-refractivity contribution in [3.05, 3.63) is 58.8 Å². The van der Waals surface area contributed by atoms with E-state index >= 15 is 0 Å². The van der Waals surface area contributed by atoms with Crippen LogP contribution in [0.3, 0.4) is 0 Å². The van der Waals surface area contributed by atoms with Crippen LogP contribution >= 0.6 is 0 Å². The van der Waals surface area contributed by atoms with Crippen molar-refractivity contribution in [1.29, 1.82) is 0 Å². The van der Waals surface area contributed by atoms with Crippen LogP contribution in [0.5, 0.6) is 0 Å². The summed E-state index contributed by atoms with van der Waals surface area (Å²) in [6.07, 6.45) is 4.38. The van der Waals surface area contributed by atoms with Gasteiger partial charge in [0.05, 0.1) is 24.9 Å². The highest BCUT2D eigenvalue weighted by Crippen LogP contribution is 2.42. The molecule has 0 aliphatic carbocycles. The summed E-state index contributed by atoms with van der Waals surface area (Å²) in [5.41, 5.74) is 4.74. The largest absolute Gasteiger partial charge is 0.396 e. The Hall–Kier alpha value is -3.23. The van der Waals surface area contributed by atoms with Crippen molar-refractivity contribution in [2.24, 2.45) is 0 Å².